The number of carbonyl (C=O) groups excluding carboxylic acids is 1. The van der Waals surface area contributed by atoms with Gasteiger partial charge in [0.1, 0.15) is 6.54 Å². The van der Waals surface area contributed by atoms with E-state index in [4.69, 9.17) is 5.11 Å². The number of carboxylic acid groups (broad SMARTS) is 1. The number of carbonyl (C=O) groups is 2. The fourth-order valence-corrected chi connectivity index (χ4v) is 1.99. The molecular weight excluding hydrogens is 220 g/mol. The minimum atomic E-state index is -0.985. The van der Waals surface area contributed by atoms with Gasteiger partial charge in [0.05, 0.1) is 0 Å². The van der Waals surface area contributed by atoms with E-state index >= 15 is 0 Å². The van der Waals surface area contributed by atoms with Crippen molar-refractivity contribution in [2.45, 2.75) is 19.3 Å². The molecule has 0 aliphatic carbocycles. The van der Waals surface area contributed by atoms with Crippen LogP contribution >= 0.6 is 0 Å². The maximum Gasteiger partial charge on any atom is 0.323 e. The van der Waals surface area contributed by atoms with E-state index in [1.54, 1.807) is 6.08 Å². The number of nitrogens with zero attached hydrogens (tertiary/aromatic N) is 2. The standard InChI is InChI=1S/C12H20N2O3/c1-2-6-14(10-12(16)17)11(15)5-9-13-7-3-4-8-13/h2H,1,3-10H2,(H,16,17). The summed E-state index contributed by atoms with van der Waals surface area (Å²) >= 11 is 0. The second-order valence-electron chi connectivity index (χ2n) is 4.26. The van der Waals surface area contributed by atoms with Crippen molar-refractivity contribution < 1.29 is 14.7 Å². The van der Waals surface area contributed by atoms with E-state index < -0.39 is 5.97 Å². The Balaban J connectivity index is 2.35. The Morgan fingerprint density at radius 1 is 1.35 bits per heavy atom. The highest BCUT2D eigenvalue weighted by Crippen LogP contribution is 2.08. The monoisotopic (exact) mass is 240 g/mol. The molecule has 1 rings (SSSR count). The van der Waals surface area contributed by atoms with Gasteiger partial charge in [-0.3, -0.25) is 9.59 Å². The maximum atomic E-state index is 11.8. The molecule has 0 bridgehead atoms. The van der Waals surface area contributed by atoms with Crippen LogP contribution in [0.4, 0.5) is 0 Å². The fourth-order valence-electron chi connectivity index (χ4n) is 1.99. The molecule has 5 heteroatoms. The molecule has 17 heavy (non-hydrogen) atoms. The van der Waals surface area contributed by atoms with Crippen LogP contribution in [0, 0.1) is 0 Å². The number of aliphatic carboxylic acids is 1. The van der Waals surface area contributed by atoms with E-state index in [-0.39, 0.29) is 12.5 Å². The molecule has 1 aliphatic rings. The topological polar surface area (TPSA) is 60.9 Å². The lowest BCUT2D eigenvalue weighted by Gasteiger charge is -2.21. The van der Waals surface area contributed by atoms with Crippen LogP contribution in [0.3, 0.4) is 0 Å². The Morgan fingerprint density at radius 3 is 2.53 bits per heavy atom. The highest BCUT2D eigenvalue weighted by Gasteiger charge is 2.18. The van der Waals surface area contributed by atoms with Gasteiger partial charge < -0.3 is 14.9 Å². The SMILES string of the molecule is C=CCN(CC(=O)O)C(=O)CCN1CCCC1. The summed E-state index contributed by atoms with van der Waals surface area (Å²) in [5, 5.41) is 8.70. The molecule has 1 N–H and O–H groups in total. The Hall–Kier alpha value is -1.36. The molecule has 96 valence electrons. The summed E-state index contributed by atoms with van der Waals surface area (Å²) in [6.45, 7) is 6.41. The van der Waals surface area contributed by atoms with E-state index in [0.29, 0.717) is 13.0 Å². The average molecular weight is 240 g/mol. The first kappa shape index (κ1) is 13.7. The van der Waals surface area contributed by atoms with E-state index in [0.717, 1.165) is 19.6 Å². The third-order valence-electron chi connectivity index (χ3n) is 2.87. The highest BCUT2D eigenvalue weighted by atomic mass is 16.4. The minimum absolute atomic E-state index is 0.112. The van der Waals surface area contributed by atoms with Crippen LogP contribution < -0.4 is 0 Å². The third kappa shape index (κ3) is 4.99. The molecule has 1 heterocycles. The Kier molecular flexibility index (Phi) is 5.69. The quantitative estimate of drug-likeness (QED) is 0.661. The zero-order chi connectivity index (χ0) is 12.7. The first-order valence-electron chi connectivity index (χ1n) is 5.96. The van der Waals surface area contributed by atoms with E-state index in [1.165, 1.54) is 17.7 Å². The number of hydrogen-bond donors (Lipinski definition) is 1. The fraction of sp³-hybridized carbons (Fsp3) is 0.667. The van der Waals surface area contributed by atoms with Crippen molar-refractivity contribution in [3.8, 4) is 0 Å². The van der Waals surface area contributed by atoms with Crippen LogP contribution in [-0.4, -0.2) is 59.5 Å². The Bertz CT molecular complexity index is 285. The van der Waals surface area contributed by atoms with Crippen molar-refractivity contribution in [3.05, 3.63) is 12.7 Å². The molecular formula is C12H20N2O3. The van der Waals surface area contributed by atoms with Gasteiger partial charge in [-0.2, -0.15) is 0 Å². The Morgan fingerprint density at radius 2 is 2.00 bits per heavy atom. The van der Waals surface area contributed by atoms with E-state index in [9.17, 15) is 9.59 Å². The van der Waals surface area contributed by atoms with E-state index in [1.807, 2.05) is 0 Å². The predicted octanol–water partition coefficient (Wildman–Crippen LogP) is 0.572. The zero-order valence-corrected chi connectivity index (χ0v) is 10.1. The number of carboxylic acids is 1. The van der Waals surface area contributed by atoms with Gasteiger partial charge in [-0.1, -0.05) is 6.08 Å². The van der Waals surface area contributed by atoms with E-state index in [2.05, 4.69) is 11.5 Å². The molecule has 0 saturated carbocycles. The molecule has 1 fully saturated rings. The molecule has 1 aliphatic heterocycles. The Labute approximate surface area is 102 Å². The van der Waals surface area contributed by atoms with Crippen molar-refractivity contribution in [1.82, 2.24) is 9.80 Å². The van der Waals surface area contributed by atoms with Crippen molar-refractivity contribution in [2.24, 2.45) is 0 Å². The van der Waals surface area contributed by atoms with Gasteiger partial charge in [-0.25, -0.2) is 0 Å². The van der Waals surface area contributed by atoms with Crippen LogP contribution in [0.15, 0.2) is 12.7 Å². The average Bonchev–Trinajstić information content (AvgIpc) is 2.77. The van der Waals surface area contributed by atoms with Gasteiger partial charge in [0, 0.05) is 19.5 Å². The largest absolute Gasteiger partial charge is 0.480 e. The minimum Gasteiger partial charge on any atom is -0.480 e. The van der Waals surface area contributed by atoms with Crippen molar-refractivity contribution in [3.63, 3.8) is 0 Å². The number of rotatable bonds is 7. The van der Waals surface area contributed by atoms with Crippen molar-refractivity contribution >= 4 is 11.9 Å². The smallest absolute Gasteiger partial charge is 0.323 e. The van der Waals surface area contributed by atoms with Crippen LogP contribution in [0.2, 0.25) is 0 Å². The first-order chi connectivity index (χ1) is 8.13. The van der Waals surface area contributed by atoms with Crippen molar-refractivity contribution in [1.29, 1.82) is 0 Å². The second kappa shape index (κ2) is 7.06. The number of amides is 1. The van der Waals surface area contributed by atoms with Crippen LogP contribution in [0.5, 0.6) is 0 Å². The van der Waals surface area contributed by atoms with Gasteiger partial charge in [-0.05, 0) is 25.9 Å². The number of hydrogen-bond acceptors (Lipinski definition) is 3. The zero-order valence-electron chi connectivity index (χ0n) is 10.1. The second-order valence-corrected chi connectivity index (χ2v) is 4.26. The van der Waals surface area contributed by atoms with Crippen LogP contribution in [0.1, 0.15) is 19.3 Å². The van der Waals surface area contributed by atoms with Gasteiger partial charge in [0.25, 0.3) is 0 Å². The molecule has 0 radical (unpaired) electrons. The third-order valence-corrected chi connectivity index (χ3v) is 2.87. The van der Waals surface area contributed by atoms with Gasteiger partial charge in [0.2, 0.25) is 5.91 Å². The number of likely N-dealkylation sites (tertiary alicyclic amines) is 1. The van der Waals surface area contributed by atoms with Crippen molar-refractivity contribution in [2.75, 3.05) is 32.7 Å². The molecule has 0 atom stereocenters. The molecule has 0 spiro atoms. The normalized spacial score (nSPS) is 15.8. The van der Waals surface area contributed by atoms with Crippen LogP contribution in [-0.2, 0) is 9.59 Å². The first-order valence-corrected chi connectivity index (χ1v) is 5.96. The maximum absolute atomic E-state index is 11.8. The summed E-state index contributed by atoms with van der Waals surface area (Å²) < 4.78 is 0. The summed E-state index contributed by atoms with van der Waals surface area (Å²) in [7, 11) is 0. The highest BCUT2D eigenvalue weighted by molar-refractivity contribution is 5.81. The summed E-state index contributed by atoms with van der Waals surface area (Å²) in [5.74, 6) is -1.10. The summed E-state index contributed by atoms with van der Waals surface area (Å²) in [5.41, 5.74) is 0. The molecule has 1 saturated heterocycles. The molecule has 0 aromatic heterocycles. The molecule has 0 aromatic carbocycles. The van der Waals surface area contributed by atoms with Gasteiger partial charge >= 0.3 is 5.97 Å². The lowest BCUT2D eigenvalue weighted by Crippen LogP contribution is -2.37. The summed E-state index contributed by atoms with van der Waals surface area (Å²) in [4.78, 5) is 26.0. The molecule has 0 aromatic rings. The van der Waals surface area contributed by atoms with Gasteiger partial charge in [-0.15, -0.1) is 6.58 Å². The summed E-state index contributed by atoms with van der Waals surface area (Å²) in [6.07, 6.45) is 4.33. The lowest BCUT2D eigenvalue weighted by molar-refractivity contribution is -0.144. The van der Waals surface area contributed by atoms with Crippen LogP contribution in [0.25, 0.3) is 0 Å². The molecule has 1 amide bonds. The predicted molar refractivity (Wildman–Crippen MR) is 64.7 cm³/mol. The lowest BCUT2D eigenvalue weighted by atomic mass is 10.3. The van der Waals surface area contributed by atoms with Gasteiger partial charge in [0.15, 0.2) is 0 Å². The molecule has 0 unspecified atom stereocenters. The summed E-state index contributed by atoms with van der Waals surface area (Å²) in [6, 6.07) is 0. The molecule has 5 nitrogen and oxygen atoms in total.